The molecule has 0 fully saturated rings. The number of anilines is 1. The number of carbonyl (C=O) groups excluding carboxylic acids is 3. The molecule has 0 bridgehead atoms. The molecule has 0 radical (unpaired) electrons. The number of hydrogen-bond acceptors (Lipinski definition) is 5. The molecule has 0 aliphatic carbocycles. The second-order valence-electron chi connectivity index (χ2n) is 8.87. The largest absolute Gasteiger partial charge is 0.491 e. The number of nitrogens with one attached hydrogen (secondary N) is 1. The smallest absolute Gasteiger partial charge is 0.261 e. The maximum Gasteiger partial charge on any atom is 0.261 e. The van der Waals surface area contributed by atoms with Gasteiger partial charge in [-0.25, -0.2) is 9.37 Å². The Labute approximate surface area is 202 Å². The zero-order chi connectivity index (χ0) is 25.1. The SMILES string of the molecule is CC(=O)Nc1cc(-c2ccc(OC[C@H](CC(C)C)N3C(=O)c4ccccc4C3=O)cc2F)ccn1. The molecule has 1 N–H and O–H groups in total. The van der Waals surface area contributed by atoms with Gasteiger partial charge in [-0.2, -0.15) is 0 Å². The number of rotatable bonds is 8. The summed E-state index contributed by atoms with van der Waals surface area (Å²) in [6.45, 7) is 5.42. The van der Waals surface area contributed by atoms with Crippen LogP contribution < -0.4 is 10.1 Å². The number of hydrogen-bond donors (Lipinski definition) is 1. The first-order chi connectivity index (χ1) is 16.7. The van der Waals surface area contributed by atoms with Crippen molar-refractivity contribution in [1.29, 1.82) is 0 Å². The van der Waals surface area contributed by atoms with E-state index in [0.717, 1.165) is 0 Å². The molecule has 1 aliphatic rings. The molecular formula is C27H26FN3O4. The monoisotopic (exact) mass is 475 g/mol. The van der Waals surface area contributed by atoms with E-state index in [4.69, 9.17) is 4.74 Å². The van der Waals surface area contributed by atoms with E-state index in [1.165, 1.54) is 24.1 Å². The average molecular weight is 476 g/mol. The Bertz CT molecular complexity index is 1260. The summed E-state index contributed by atoms with van der Waals surface area (Å²) in [6.07, 6.45) is 2.04. The topological polar surface area (TPSA) is 88.6 Å². The molecule has 7 nitrogen and oxygen atoms in total. The molecule has 2 aromatic carbocycles. The van der Waals surface area contributed by atoms with Crippen molar-refractivity contribution >= 4 is 23.5 Å². The molecule has 0 saturated heterocycles. The summed E-state index contributed by atoms with van der Waals surface area (Å²) in [4.78, 5) is 42.5. The van der Waals surface area contributed by atoms with E-state index >= 15 is 0 Å². The number of imide groups is 1. The average Bonchev–Trinajstić information content (AvgIpc) is 3.06. The van der Waals surface area contributed by atoms with Crippen LogP contribution in [0.3, 0.4) is 0 Å². The number of aromatic nitrogens is 1. The summed E-state index contributed by atoms with van der Waals surface area (Å²) < 4.78 is 20.8. The van der Waals surface area contributed by atoms with E-state index in [2.05, 4.69) is 10.3 Å². The maximum absolute atomic E-state index is 15.0. The second kappa shape index (κ2) is 10.0. The summed E-state index contributed by atoms with van der Waals surface area (Å²) >= 11 is 0. The lowest BCUT2D eigenvalue weighted by atomic mass is 10.0. The number of halogens is 1. The number of pyridine rings is 1. The lowest BCUT2D eigenvalue weighted by Crippen LogP contribution is -2.44. The van der Waals surface area contributed by atoms with Crippen molar-refractivity contribution in [3.8, 4) is 16.9 Å². The van der Waals surface area contributed by atoms with Crippen LogP contribution in [0.2, 0.25) is 0 Å². The van der Waals surface area contributed by atoms with Crippen LogP contribution >= 0.6 is 0 Å². The minimum atomic E-state index is -0.511. The van der Waals surface area contributed by atoms with Gasteiger partial charge in [0, 0.05) is 24.8 Å². The zero-order valence-corrected chi connectivity index (χ0v) is 19.7. The summed E-state index contributed by atoms with van der Waals surface area (Å²) in [6, 6.07) is 14.0. The third-order valence-corrected chi connectivity index (χ3v) is 5.69. The van der Waals surface area contributed by atoms with Gasteiger partial charge in [-0.1, -0.05) is 26.0 Å². The fourth-order valence-corrected chi connectivity index (χ4v) is 4.19. The Morgan fingerprint density at radius 3 is 2.31 bits per heavy atom. The zero-order valence-electron chi connectivity index (χ0n) is 19.7. The van der Waals surface area contributed by atoms with Crippen molar-refractivity contribution in [2.24, 2.45) is 5.92 Å². The molecule has 2 heterocycles. The molecule has 3 amide bonds. The first kappa shape index (κ1) is 24.1. The maximum atomic E-state index is 15.0. The molecular weight excluding hydrogens is 449 g/mol. The van der Waals surface area contributed by atoms with Gasteiger partial charge < -0.3 is 10.1 Å². The van der Waals surface area contributed by atoms with Crippen LogP contribution in [0.1, 0.15) is 47.9 Å². The third-order valence-electron chi connectivity index (χ3n) is 5.69. The first-order valence-corrected chi connectivity index (χ1v) is 11.4. The molecule has 35 heavy (non-hydrogen) atoms. The lowest BCUT2D eigenvalue weighted by Gasteiger charge is -2.27. The first-order valence-electron chi connectivity index (χ1n) is 11.4. The number of ether oxygens (including phenoxy) is 1. The fourth-order valence-electron chi connectivity index (χ4n) is 4.19. The number of fused-ring (bicyclic) bond motifs is 1. The Kier molecular flexibility index (Phi) is 6.91. The van der Waals surface area contributed by atoms with Crippen LogP contribution in [-0.2, 0) is 4.79 Å². The van der Waals surface area contributed by atoms with Gasteiger partial charge in [-0.3, -0.25) is 19.3 Å². The van der Waals surface area contributed by atoms with Crippen molar-refractivity contribution in [3.05, 3.63) is 77.7 Å². The molecule has 4 rings (SSSR count). The van der Waals surface area contributed by atoms with Crippen LogP contribution in [0.5, 0.6) is 5.75 Å². The van der Waals surface area contributed by atoms with E-state index in [9.17, 15) is 18.8 Å². The van der Waals surface area contributed by atoms with Crippen molar-refractivity contribution in [2.45, 2.75) is 33.2 Å². The minimum absolute atomic E-state index is 0.0460. The lowest BCUT2D eigenvalue weighted by molar-refractivity contribution is -0.114. The van der Waals surface area contributed by atoms with Crippen LogP contribution in [0.15, 0.2) is 60.8 Å². The Morgan fingerprint density at radius 1 is 1.03 bits per heavy atom. The molecule has 0 unspecified atom stereocenters. The molecule has 1 atom stereocenters. The van der Waals surface area contributed by atoms with Gasteiger partial charge in [0.15, 0.2) is 0 Å². The van der Waals surface area contributed by atoms with E-state index in [-0.39, 0.29) is 36.0 Å². The number of carbonyl (C=O) groups is 3. The summed E-state index contributed by atoms with van der Waals surface area (Å²) in [5, 5.41) is 2.58. The predicted octanol–water partition coefficient (Wildman–Crippen LogP) is 4.94. The van der Waals surface area contributed by atoms with Gasteiger partial charge in [0.2, 0.25) is 5.91 Å². The highest BCUT2D eigenvalue weighted by Gasteiger charge is 2.40. The van der Waals surface area contributed by atoms with E-state index in [1.54, 1.807) is 48.5 Å². The molecule has 0 saturated carbocycles. The molecule has 0 spiro atoms. The van der Waals surface area contributed by atoms with Crippen molar-refractivity contribution in [2.75, 3.05) is 11.9 Å². The fraction of sp³-hybridized carbons (Fsp3) is 0.259. The van der Waals surface area contributed by atoms with Crippen LogP contribution in [0.4, 0.5) is 10.2 Å². The minimum Gasteiger partial charge on any atom is -0.491 e. The summed E-state index contributed by atoms with van der Waals surface area (Å²) in [5.74, 6) is -0.643. The second-order valence-corrected chi connectivity index (χ2v) is 8.87. The Morgan fingerprint density at radius 2 is 1.71 bits per heavy atom. The van der Waals surface area contributed by atoms with Gasteiger partial charge in [-0.15, -0.1) is 0 Å². The number of benzene rings is 2. The molecule has 1 aliphatic heterocycles. The molecule has 3 aromatic rings. The Balaban J connectivity index is 1.52. The highest BCUT2D eigenvalue weighted by molar-refractivity contribution is 6.21. The van der Waals surface area contributed by atoms with Crippen LogP contribution in [-0.4, -0.2) is 40.3 Å². The summed E-state index contributed by atoms with van der Waals surface area (Å²) in [7, 11) is 0. The quantitative estimate of drug-likeness (QED) is 0.467. The van der Waals surface area contributed by atoms with E-state index in [0.29, 0.717) is 34.5 Å². The van der Waals surface area contributed by atoms with Crippen molar-refractivity contribution < 1.29 is 23.5 Å². The van der Waals surface area contributed by atoms with Gasteiger partial charge in [-0.05, 0) is 54.3 Å². The van der Waals surface area contributed by atoms with Crippen molar-refractivity contribution in [3.63, 3.8) is 0 Å². The molecule has 180 valence electrons. The number of nitrogens with zero attached hydrogens (tertiary/aromatic N) is 2. The normalized spacial score (nSPS) is 13.7. The van der Waals surface area contributed by atoms with E-state index in [1.807, 2.05) is 13.8 Å². The highest BCUT2D eigenvalue weighted by Crippen LogP contribution is 2.30. The van der Waals surface area contributed by atoms with Crippen LogP contribution in [0, 0.1) is 11.7 Å². The predicted molar refractivity (Wildman–Crippen MR) is 130 cm³/mol. The number of amides is 3. The third kappa shape index (κ3) is 5.21. The molecule has 8 heteroatoms. The van der Waals surface area contributed by atoms with Crippen LogP contribution in [0.25, 0.3) is 11.1 Å². The Hall–Kier alpha value is -4.07. The highest BCUT2D eigenvalue weighted by atomic mass is 19.1. The van der Waals surface area contributed by atoms with Crippen molar-refractivity contribution in [1.82, 2.24) is 9.88 Å². The molecule has 1 aromatic heterocycles. The van der Waals surface area contributed by atoms with E-state index < -0.39 is 11.9 Å². The van der Waals surface area contributed by atoms with Gasteiger partial charge >= 0.3 is 0 Å². The van der Waals surface area contributed by atoms with Gasteiger partial charge in [0.1, 0.15) is 24.0 Å². The standard InChI is InChI=1S/C27H26FN3O4/c1-16(2)12-19(31-26(33)22-6-4-5-7-23(22)27(31)34)15-35-20-8-9-21(24(28)14-20)18-10-11-29-25(13-18)30-17(3)32/h4-11,13-14,16,19H,12,15H2,1-3H3,(H,29,30,32)/t19-/m0/s1. The van der Waals surface area contributed by atoms with Gasteiger partial charge in [0.25, 0.3) is 11.8 Å². The summed E-state index contributed by atoms with van der Waals surface area (Å²) in [5.41, 5.74) is 1.65. The van der Waals surface area contributed by atoms with Gasteiger partial charge in [0.05, 0.1) is 17.2 Å².